The van der Waals surface area contributed by atoms with Gasteiger partial charge in [-0.3, -0.25) is 0 Å². The molecule has 0 fully saturated rings. The molecule has 0 radical (unpaired) electrons. The largest absolute Gasteiger partial charge is 0.324 e. The molecule has 0 heterocycles. The smallest absolute Gasteiger partial charge is 0.137 e. The summed E-state index contributed by atoms with van der Waals surface area (Å²) >= 11 is 3.21. The van der Waals surface area contributed by atoms with Gasteiger partial charge in [-0.2, -0.15) is 0 Å². The lowest BCUT2D eigenvalue weighted by atomic mass is 9.95. The molecule has 3 rings (SSSR count). The van der Waals surface area contributed by atoms with E-state index in [1.54, 1.807) is 12.1 Å². The predicted molar refractivity (Wildman–Crippen MR) is 88.7 cm³/mol. The second-order valence-corrected chi connectivity index (χ2v) is 5.98. The number of halogens is 2. The summed E-state index contributed by atoms with van der Waals surface area (Å²) in [7, 11) is 0. The maximum absolute atomic E-state index is 13.3. The summed E-state index contributed by atoms with van der Waals surface area (Å²) in [5.41, 5.74) is 8.43. The second kappa shape index (κ2) is 5.96. The Morgan fingerprint density at radius 2 is 1.76 bits per heavy atom. The average molecular weight is 344 g/mol. The number of hydrogen-bond donors (Lipinski definition) is 1. The Bertz CT molecular complexity index is 780. The van der Waals surface area contributed by atoms with Crippen molar-refractivity contribution < 1.29 is 4.39 Å². The molecule has 3 heteroatoms. The molecule has 1 atom stereocenters. The number of fused-ring (bicyclic) bond motifs is 1. The molecule has 1 unspecified atom stereocenters. The van der Waals surface area contributed by atoms with Gasteiger partial charge in [0.1, 0.15) is 5.82 Å². The molecule has 0 saturated heterocycles. The van der Waals surface area contributed by atoms with Crippen molar-refractivity contribution in [3.8, 4) is 0 Å². The minimum atomic E-state index is -0.267. The second-order valence-electron chi connectivity index (χ2n) is 5.12. The van der Waals surface area contributed by atoms with E-state index in [9.17, 15) is 4.39 Å². The van der Waals surface area contributed by atoms with Crippen LogP contribution >= 0.6 is 15.9 Å². The molecule has 21 heavy (non-hydrogen) atoms. The van der Waals surface area contributed by atoms with Gasteiger partial charge in [0.05, 0.1) is 4.47 Å². The highest BCUT2D eigenvalue weighted by Crippen LogP contribution is 2.25. The molecule has 0 spiro atoms. The molecule has 0 aromatic heterocycles. The molecule has 3 aromatic rings. The zero-order chi connectivity index (χ0) is 14.8. The van der Waals surface area contributed by atoms with Crippen LogP contribution < -0.4 is 5.73 Å². The molecule has 0 bridgehead atoms. The van der Waals surface area contributed by atoms with Crippen LogP contribution in [-0.2, 0) is 6.42 Å². The van der Waals surface area contributed by atoms with Crippen molar-refractivity contribution in [2.45, 2.75) is 12.5 Å². The van der Waals surface area contributed by atoms with Gasteiger partial charge < -0.3 is 5.73 Å². The third-order valence-corrected chi connectivity index (χ3v) is 4.30. The van der Waals surface area contributed by atoms with Gasteiger partial charge in [0.25, 0.3) is 0 Å². The van der Waals surface area contributed by atoms with E-state index in [-0.39, 0.29) is 11.9 Å². The fourth-order valence-corrected chi connectivity index (χ4v) is 2.96. The van der Waals surface area contributed by atoms with Crippen molar-refractivity contribution in [1.29, 1.82) is 0 Å². The first kappa shape index (κ1) is 14.2. The van der Waals surface area contributed by atoms with Crippen LogP contribution in [0.1, 0.15) is 17.2 Å². The summed E-state index contributed by atoms with van der Waals surface area (Å²) in [4.78, 5) is 0. The van der Waals surface area contributed by atoms with Crippen molar-refractivity contribution in [2.75, 3.05) is 0 Å². The maximum atomic E-state index is 13.3. The summed E-state index contributed by atoms with van der Waals surface area (Å²) < 4.78 is 13.8. The van der Waals surface area contributed by atoms with Gasteiger partial charge in [0.2, 0.25) is 0 Å². The highest BCUT2D eigenvalue weighted by Gasteiger charge is 2.11. The molecule has 0 aliphatic rings. The van der Waals surface area contributed by atoms with E-state index < -0.39 is 0 Å². The average Bonchev–Trinajstić information content (AvgIpc) is 2.50. The molecule has 3 aromatic carbocycles. The van der Waals surface area contributed by atoms with Gasteiger partial charge in [0, 0.05) is 6.04 Å². The van der Waals surface area contributed by atoms with Crippen molar-refractivity contribution in [3.63, 3.8) is 0 Å². The van der Waals surface area contributed by atoms with E-state index in [2.05, 4.69) is 40.2 Å². The minimum absolute atomic E-state index is 0.160. The molecule has 0 aliphatic heterocycles. The zero-order valence-corrected chi connectivity index (χ0v) is 13.0. The van der Waals surface area contributed by atoms with Crippen molar-refractivity contribution >= 4 is 26.7 Å². The molecule has 1 nitrogen and oxygen atoms in total. The van der Waals surface area contributed by atoms with Crippen LogP contribution in [0.3, 0.4) is 0 Å². The first-order chi connectivity index (χ1) is 10.1. The van der Waals surface area contributed by atoms with Crippen LogP contribution in [0.2, 0.25) is 0 Å². The van der Waals surface area contributed by atoms with E-state index in [4.69, 9.17) is 5.73 Å². The molecule has 0 amide bonds. The maximum Gasteiger partial charge on any atom is 0.137 e. The highest BCUT2D eigenvalue weighted by atomic mass is 79.9. The normalized spacial score (nSPS) is 12.5. The van der Waals surface area contributed by atoms with E-state index in [0.29, 0.717) is 4.47 Å². The standard InChI is InChI=1S/C18H15BrFN/c19-16-10-14(8-9-17(16)20)18(21)11-13-6-3-5-12-4-1-2-7-15(12)13/h1-10,18H,11,21H2. The Morgan fingerprint density at radius 3 is 2.57 bits per heavy atom. The lowest BCUT2D eigenvalue weighted by molar-refractivity contribution is 0.617. The van der Waals surface area contributed by atoms with Crippen molar-refractivity contribution in [3.05, 3.63) is 82.1 Å². The molecular formula is C18H15BrFN. The third kappa shape index (κ3) is 2.99. The Balaban J connectivity index is 1.92. The van der Waals surface area contributed by atoms with Crippen LogP contribution in [0.25, 0.3) is 10.8 Å². The molecule has 0 saturated carbocycles. The summed E-state index contributed by atoms with van der Waals surface area (Å²) in [6.45, 7) is 0. The quantitative estimate of drug-likeness (QED) is 0.712. The molecule has 0 aliphatic carbocycles. The van der Waals surface area contributed by atoms with Gasteiger partial charge in [-0.25, -0.2) is 4.39 Å². The lowest BCUT2D eigenvalue weighted by Crippen LogP contribution is -2.13. The summed E-state index contributed by atoms with van der Waals surface area (Å²) in [5.74, 6) is -0.267. The molecule has 2 N–H and O–H groups in total. The van der Waals surface area contributed by atoms with Crippen LogP contribution in [0.4, 0.5) is 4.39 Å². The SMILES string of the molecule is NC(Cc1cccc2ccccc12)c1ccc(F)c(Br)c1. The first-order valence-corrected chi connectivity index (χ1v) is 7.61. The fraction of sp³-hybridized carbons (Fsp3) is 0.111. The van der Waals surface area contributed by atoms with Gasteiger partial charge >= 0.3 is 0 Å². The summed E-state index contributed by atoms with van der Waals surface area (Å²) in [5, 5.41) is 2.43. The highest BCUT2D eigenvalue weighted by molar-refractivity contribution is 9.10. The third-order valence-electron chi connectivity index (χ3n) is 3.69. The van der Waals surface area contributed by atoms with Gasteiger partial charge in [-0.1, -0.05) is 48.5 Å². The molecular weight excluding hydrogens is 329 g/mol. The Hall–Kier alpha value is -1.71. The van der Waals surface area contributed by atoms with Gasteiger partial charge in [-0.05, 0) is 56.4 Å². The molecule has 106 valence electrons. The fourth-order valence-electron chi connectivity index (χ4n) is 2.57. The number of hydrogen-bond acceptors (Lipinski definition) is 1. The van der Waals surface area contributed by atoms with E-state index in [1.165, 1.54) is 22.4 Å². The number of benzene rings is 3. The first-order valence-electron chi connectivity index (χ1n) is 6.82. The van der Waals surface area contributed by atoms with Crippen LogP contribution in [0.15, 0.2) is 65.1 Å². The van der Waals surface area contributed by atoms with E-state index in [1.807, 2.05) is 18.2 Å². The Kier molecular flexibility index (Phi) is 4.04. The van der Waals surface area contributed by atoms with E-state index >= 15 is 0 Å². The van der Waals surface area contributed by atoms with Crippen LogP contribution in [-0.4, -0.2) is 0 Å². The van der Waals surface area contributed by atoms with Crippen LogP contribution in [0, 0.1) is 5.82 Å². The summed E-state index contributed by atoms with van der Waals surface area (Å²) in [6, 6.07) is 19.3. The number of rotatable bonds is 3. The van der Waals surface area contributed by atoms with Crippen molar-refractivity contribution in [1.82, 2.24) is 0 Å². The Morgan fingerprint density at radius 1 is 1.00 bits per heavy atom. The van der Waals surface area contributed by atoms with Gasteiger partial charge in [0.15, 0.2) is 0 Å². The zero-order valence-electron chi connectivity index (χ0n) is 11.4. The topological polar surface area (TPSA) is 26.0 Å². The Labute approximate surface area is 131 Å². The van der Waals surface area contributed by atoms with Crippen LogP contribution in [0.5, 0.6) is 0 Å². The van der Waals surface area contributed by atoms with Gasteiger partial charge in [-0.15, -0.1) is 0 Å². The van der Waals surface area contributed by atoms with Crippen molar-refractivity contribution in [2.24, 2.45) is 5.73 Å². The van der Waals surface area contributed by atoms with E-state index in [0.717, 1.165) is 12.0 Å². The predicted octanol–water partition coefficient (Wildman–Crippen LogP) is 4.98. The lowest BCUT2D eigenvalue weighted by Gasteiger charge is -2.14. The monoisotopic (exact) mass is 343 g/mol. The number of nitrogens with two attached hydrogens (primary N) is 1. The minimum Gasteiger partial charge on any atom is -0.324 e. The summed E-state index contributed by atoms with van der Waals surface area (Å²) in [6.07, 6.45) is 0.722.